The van der Waals surface area contributed by atoms with E-state index in [2.05, 4.69) is 0 Å². The Hall–Kier alpha value is -1.69. The molecule has 2 unspecified atom stereocenters. The molecule has 1 aliphatic rings. The second-order valence-corrected chi connectivity index (χ2v) is 9.02. The molecule has 0 saturated carbocycles. The van der Waals surface area contributed by atoms with E-state index in [0.29, 0.717) is 6.42 Å². The Labute approximate surface area is 147 Å². The van der Waals surface area contributed by atoms with Crippen LogP contribution in [-0.2, 0) is 20.6 Å². The van der Waals surface area contributed by atoms with Crippen LogP contribution >= 0.6 is 7.37 Å². The van der Waals surface area contributed by atoms with Crippen molar-refractivity contribution < 1.29 is 24.2 Å². The molecule has 0 bridgehead atoms. The van der Waals surface area contributed by atoms with Crippen molar-refractivity contribution in [2.75, 3.05) is 18.9 Å². The normalized spacial score (nSPS) is 22.6. The SMILES string of the molecule is NC1C[C@@H](C(=O)O)N(C(=O)CP(=O)(O)CCCCc2ccccc2)C1. The van der Waals surface area contributed by atoms with Gasteiger partial charge in [0.1, 0.15) is 12.2 Å². The summed E-state index contributed by atoms with van der Waals surface area (Å²) in [6.45, 7) is 0.115. The lowest BCUT2D eigenvalue weighted by molar-refractivity contribution is -0.147. The summed E-state index contributed by atoms with van der Waals surface area (Å²) in [6.07, 6.45) is 1.83. The Bertz CT molecular complexity index is 652. The van der Waals surface area contributed by atoms with Crippen LogP contribution in [0.5, 0.6) is 0 Å². The van der Waals surface area contributed by atoms with Gasteiger partial charge in [0.15, 0.2) is 0 Å². The summed E-state index contributed by atoms with van der Waals surface area (Å²) >= 11 is 0. The highest BCUT2D eigenvalue weighted by molar-refractivity contribution is 7.58. The molecular formula is C17H25N2O5P. The first-order valence-corrected chi connectivity index (χ1v) is 10.4. The number of carbonyl (C=O) groups is 2. The van der Waals surface area contributed by atoms with Gasteiger partial charge in [0, 0.05) is 18.7 Å². The Morgan fingerprint density at radius 3 is 2.56 bits per heavy atom. The lowest BCUT2D eigenvalue weighted by Gasteiger charge is -2.22. The van der Waals surface area contributed by atoms with E-state index in [-0.39, 0.29) is 19.1 Å². The molecule has 0 spiro atoms. The van der Waals surface area contributed by atoms with Crippen LogP contribution in [0.15, 0.2) is 30.3 Å². The first kappa shape index (κ1) is 19.6. The van der Waals surface area contributed by atoms with Crippen molar-refractivity contribution in [1.29, 1.82) is 0 Å². The summed E-state index contributed by atoms with van der Waals surface area (Å²) in [5, 5.41) is 9.15. The molecule has 1 aliphatic heterocycles. The van der Waals surface area contributed by atoms with Gasteiger partial charge in [-0.25, -0.2) is 4.79 Å². The molecule has 0 radical (unpaired) electrons. The van der Waals surface area contributed by atoms with Gasteiger partial charge in [-0.2, -0.15) is 0 Å². The van der Waals surface area contributed by atoms with Gasteiger partial charge in [-0.1, -0.05) is 30.3 Å². The second kappa shape index (κ2) is 8.61. The number of nitrogens with zero attached hydrogens (tertiary/aromatic N) is 1. The molecule has 1 fully saturated rings. The zero-order valence-corrected chi connectivity index (χ0v) is 15.0. The van der Waals surface area contributed by atoms with Gasteiger partial charge in [0.2, 0.25) is 13.3 Å². The maximum atomic E-state index is 12.3. The van der Waals surface area contributed by atoms with Crippen LogP contribution in [0.25, 0.3) is 0 Å². The Morgan fingerprint density at radius 2 is 1.92 bits per heavy atom. The Kier molecular flexibility index (Phi) is 6.76. The summed E-state index contributed by atoms with van der Waals surface area (Å²) in [5.74, 6) is -1.73. The first-order valence-electron chi connectivity index (χ1n) is 8.41. The summed E-state index contributed by atoms with van der Waals surface area (Å²) < 4.78 is 12.3. The maximum Gasteiger partial charge on any atom is 0.326 e. The van der Waals surface area contributed by atoms with Gasteiger partial charge >= 0.3 is 5.97 Å². The Balaban J connectivity index is 1.80. The van der Waals surface area contributed by atoms with Crippen LogP contribution in [0, 0.1) is 0 Å². The van der Waals surface area contributed by atoms with Crippen LogP contribution in [-0.4, -0.2) is 57.7 Å². The highest BCUT2D eigenvalue weighted by atomic mass is 31.2. The smallest absolute Gasteiger partial charge is 0.326 e. The molecule has 7 nitrogen and oxygen atoms in total. The van der Waals surface area contributed by atoms with E-state index >= 15 is 0 Å². The number of aryl methyl sites for hydroxylation is 1. The molecule has 1 amide bonds. The summed E-state index contributed by atoms with van der Waals surface area (Å²) in [4.78, 5) is 34.6. The number of carboxylic acids is 1. The highest BCUT2D eigenvalue weighted by Crippen LogP contribution is 2.42. The van der Waals surface area contributed by atoms with Gasteiger partial charge in [0.05, 0.1) is 0 Å². The fourth-order valence-corrected chi connectivity index (χ4v) is 4.57. The van der Waals surface area contributed by atoms with Crippen molar-refractivity contribution in [1.82, 2.24) is 4.90 Å². The predicted octanol–water partition coefficient (Wildman–Crippen LogP) is 1.29. The van der Waals surface area contributed by atoms with Crippen LogP contribution in [0.4, 0.5) is 0 Å². The molecule has 2 rings (SSSR count). The van der Waals surface area contributed by atoms with E-state index in [9.17, 15) is 19.0 Å². The monoisotopic (exact) mass is 368 g/mol. The van der Waals surface area contributed by atoms with Crippen LogP contribution in [0.3, 0.4) is 0 Å². The second-order valence-electron chi connectivity index (χ2n) is 6.57. The minimum atomic E-state index is -3.62. The van der Waals surface area contributed by atoms with Crippen LogP contribution in [0.2, 0.25) is 0 Å². The molecule has 1 heterocycles. The fourth-order valence-electron chi connectivity index (χ4n) is 3.09. The highest BCUT2D eigenvalue weighted by Gasteiger charge is 2.39. The molecule has 0 aliphatic carbocycles. The molecule has 4 N–H and O–H groups in total. The van der Waals surface area contributed by atoms with Crippen molar-refractivity contribution >= 4 is 19.2 Å². The third kappa shape index (κ3) is 5.96. The number of nitrogens with two attached hydrogens (primary N) is 1. The van der Waals surface area contributed by atoms with Crippen molar-refractivity contribution in [2.24, 2.45) is 5.73 Å². The van der Waals surface area contributed by atoms with Crippen LogP contribution < -0.4 is 5.73 Å². The van der Waals surface area contributed by atoms with E-state index in [1.807, 2.05) is 30.3 Å². The number of aliphatic carboxylic acids is 1. The van der Waals surface area contributed by atoms with Gasteiger partial charge < -0.3 is 20.6 Å². The third-order valence-corrected chi connectivity index (χ3v) is 6.17. The van der Waals surface area contributed by atoms with Crippen molar-refractivity contribution in [2.45, 2.75) is 37.8 Å². The van der Waals surface area contributed by atoms with Crippen molar-refractivity contribution in [3.8, 4) is 0 Å². The zero-order chi connectivity index (χ0) is 18.4. The number of carbonyl (C=O) groups excluding carboxylic acids is 1. The molecule has 1 aromatic carbocycles. The molecular weight excluding hydrogens is 343 g/mol. The average molecular weight is 368 g/mol. The average Bonchev–Trinajstić information content (AvgIpc) is 2.95. The largest absolute Gasteiger partial charge is 0.480 e. The van der Waals surface area contributed by atoms with Gasteiger partial charge in [-0.05, 0) is 31.2 Å². The van der Waals surface area contributed by atoms with E-state index < -0.39 is 37.5 Å². The number of benzene rings is 1. The van der Waals surface area contributed by atoms with E-state index in [1.165, 1.54) is 5.56 Å². The zero-order valence-electron chi connectivity index (χ0n) is 14.1. The lowest BCUT2D eigenvalue weighted by Crippen LogP contribution is -2.42. The van der Waals surface area contributed by atoms with Gasteiger partial charge in [-0.15, -0.1) is 0 Å². The minimum Gasteiger partial charge on any atom is -0.480 e. The van der Waals surface area contributed by atoms with Gasteiger partial charge in [0.25, 0.3) is 0 Å². The quantitative estimate of drug-likeness (QED) is 0.470. The summed E-state index contributed by atoms with van der Waals surface area (Å²) in [7, 11) is -3.62. The van der Waals surface area contributed by atoms with Crippen LogP contribution in [0.1, 0.15) is 24.8 Å². The summed E-state index contributed by atoms with van der Waals surface area (Å²) in [6, 6.07) is 8.44. The number of likely N-dealkylation sites (tertiary alicyclic amines) is 1. The Morgan fingerprint density at radius 1 is 1.24 bits per heavy atom. The molecule has 1 saturated heterocycles. The molecule has 0 aromatic heterocycles. The number of hydrogen-bond acceptors (Lipinski definition) is 4. The molecule has 25 heavy (non-hydrogen) atoms. The molecule has 8 heteroatoms. The standard InChI is InChI=1S/C17H25N2O5P/c18-14-10-15(17(21)22)19(11-14)16(20)12-25(23,24)9-5-4-8-13-6-2-1-3-7-13/h1-3,6-7,14-15H,4-5,8-12,18H2,(H,21,22)(H,23,24)/t14?,15-/m0/s1. The van der Waals surface area contributed by atoms with Crippen molar-refractivity contribution in [3.05, 3.63) is 35.9 Å². The number of hydrogen-bond donors (Lipinski definition) is 3. The summed E-state index contributed by atoms with van der Waals surface area (Å²) in [5.41, 5.74) is 6.89. The minimum absolute atomic E-state index is 0.0587. The maximum absolute atomic E-state index is 12.3. The lowest BCUT2D eigenvalue weighted by atomic mass is 10.1. The molecule has 3 atom stereocenters. The number of amides is 1. The van der Waals surface area contributed by atoms with E-state index in [0.717, 1.165) is 17.7 Å². The molecule has 1 aromatic rings. The predicted molar refractivity (Wildman–Crippen MR) is 94.7 cm³/mol. The first-order chi connectivity index (χ1) is 11.8. The molecule has 138 valence electrons. The number of unbranched alkanes of at least 4 members (excludes halogenated alkanes) is 1. The van der Waals surface area contributed by atoms with Crippen molar-refractivity contribution in [3.63, 3.8) is 0 Å². The van der Waals surface area contributed by atoms with E-state index in [4.69, 9.17) is 10.8 Å². The number of rotatable bonds is 8. The topological polar surface area (TPSA) is 121 Å². The fraction of sp³-hybridized carbons (Fsp3) is 0.529. The van der Waals surface area contributed by atoms with E-state index in [1.54, 1.807) is 0 Å². The number of carboxylic acid groups (broad SMARTS) is 1. The third-order valence-electron chi connectivity index (χ3n) is 4.39. The van der Waals surface area contributed by atoms with Gasteiger partial charge in [-0.3, -0.25) is 9.36 Å².